The molecule has 0 radical (unpaired) electrons. The zero-order chi connectivity index (χ0) is 16.7. The van der Waals surface area contributed by atoms with Gasteiger partial charge in [-0.25, -0.2) is 4.39 Å². The first-order valence-electron chi connectivity index (χ1n) is 8.47. The van der Waals surface area contributed by atoms with E-state index in [0.717, 1.165) is 36.4 Å². The van der Waals surface area contributed by atoms with Gasteiger partial charge in [-0.05, 0) is 49.2 Å². The first-order valence-corrected chi connectivity index (χ1v) is 8.47. The molecule has 1 N–H and O–H groups in total. The summed E-state index contributed by atoms with van der Waals surface area (Å²) in [7, 11) is 0. The van der Waals surface area contributed by atoms with Crippen LogP contribution in [-0.2, 0) is 13.0 Å². The second-order valence-electron chi connectivity index (χ2n) is 7.23. The fourth-order valence-corrected chi connectivity index (χ4v) is 3.59. The molecular formula is C20H22FNO2. The van der Waals surface area contributed by atoms with Crippen molar-refractivity contribution in [3.05, 3.63) is 58.9 Å². The molecule has 126 valence electrons. The summed E-state index contributed by atoms with van der Waals surface area (Å²) in [5.74, 6) is 1.55. The number of halogens is 1. The first-order chi connectivity index (χ1) is 11.5. The minimum atomic E-state index is -0.219. The Morgan fingerprint density at radius 1 is 1.17 bits per heavy atom. The van der Waals surface area contributed by atoms with Crippen LogP contribution in [0.15, 0.2) is 36.4 Å². The molecule has 0 aliphatic carbocycles. The quantitative estimate of drug-likeness (QED) is 0.918. The molecule has 2 aromatic rings. The Morgan fingerprint density at radius 3 is 2.88 bits per heavy atom. The maximum absolute atomic E-state index is 13.6. The SMILES string of the molecule is CC1(C)Cc2cc(CNC3CCOc4ccc(F)cc43)ccc2O1. The Balaban J connectivity index is 1.48. The van der Waals surface area contributed by atoms with Crippen LogP contribution in [0.25, 0.3) is 0 Å². The van der Waals surface area contributed by atoms with Gasteiger partial charge in [-0.2, -0.15) is 0 Å². The average Bonchev–Trinajstić information content (AvgIpc) is 2.85. The summed E-state index contributed by atoms with van der Waals surface area (Å²) in [6.45, 7) is 5.62. The van der Waals surface area contributed by atoms with E-state index in [9.17, 15) is 4.39 Å². The monoisotopic (exact) mass is 327 g/mol. The summed E-state index contributed by atoms with van der Waals surface area (Å²) in [5, 5.41) is 3.55. The van der Waals surface area contributed by atoms with Crippen LogP contribution in [0.1, 0.15) is 43.0 Å². The molecule has 24 heavy (non-hydrogen) atoms. The molecule has 2 heterocycles. The lowest BCUT2D eigenvalue weighted by molar-refractivity contribution is 0.138. The molecule has 0 bridgehead atoms. The molecule has 4 heteroatoms. The minimum Gasteiger partial charge on any atom is -0.493 e. The molecular weight excluding hydrogens is 305 g/mol. The van der Waals surface area contributed by atoms with Crippen molar-refractivity contribution in [1.82, 2.24) is 5.32 Å². The number of hydrogen-bond acceptors (Lipinski definition) is 3. The third-order valence-corrected chi connectivity index (χ3v) is 4.69. The minimum absolute atomic E-state index is 0.116. The van der Waals surface area contributed by atoms with Crippen LogP contribution >= 0.6 is 0 Å². The lowest BCUT2D eigenvalue weighted by Gasteiger charge is -2.27. The van der Waals surface area contributed by atoms with Gasteiger partial charge in [-0.1, -0.05) is 12.1 Å². The summed E-state index contributed by atoms with van der Waals surface area (Å²) < 4.78 is 25.1. The summed E-state index contributed by atoms with van der Waals surface area (Å²) >= 11 is 0. The Morgan fingerprint density at radius 2 is 2.00 bits per heavy atom. The van der Waals surface area contributed by atoms with Crippen molar-refractivity contribution in [3.8, 4) is 11.5 Å². The van der Waals surface area contributed by atoms with Crippen LogP contribution in [0.2, 0.25) is 0 Å². The normalized spacial score (nSPS) is 20.7. The molecule has 1 atom stereocenters. The number of nitrogens with one attached hydrogen (secondary N) is 1. The molecule has 3 nitrogen and oxygen atoms in total. The van der Waals surface area contributed by atoms with Gasteiger partial charge in [0.05, 0.1) is 6.61 Å². The largest absolute Gasteiger partial charge is 0.493 e. The van der Waals surface area contributed by atoms with Gasteiger partial charge in [-0.15, -0.1) is 0 Å². The van der Waals surface area contributed by atoms with Gasteiger partial charge in [0.2, 0.25) is 0 Å². The van der Waals surface area contributed by atoms with E-state index in [1.807, 2.05) is 0 Å². The van der Waals surface area contributed by atoms with Crippen molar-refractivity contribution in [3.63, 3.8) is 0 Å². The Hall–Kier alpha value is -2.07. The molecule has 0 aromatic heterocycles. The van der Waals surface area contributed by atoms with Gasteiger partial charge in [0, 0.05) is 31.0 Å². The lowest BCUT2D eigenvalue weighted by atomic mass is 9.98. The van der Waals surface area contributed by atoms with Crippen LogP contribution in [0, 0.1) is 5.82 Å². The van der Waals surface area contributed by atoms with E-state index in [0.29, 0.717) is 6.61 Å². The van der Waals surface area contributed by atoms with Crippen molar-refractivity contribution in [1.29, 1.82) is 0 Å². The maximum atomic E-state index is 13.6. The van der Waals surface area contributed by atoms with Crippen molar-refractivity contribution in [2.24, 2.45) is 0 Å². The molecule has 0 saturated heterocycles. The number of rotatable bonds is 3. The van der Waals surface area contributed by atoms with E-state index >= 15 is 0 Å². The van der Waals surface area contributed by atoms with Crippen molar-refractivity contribution >= 4 is 0 Å². The average molecular weight is 327 g/mol. The smallest absolute Gasteiger partial charge is 0.124 e. The van der Waals surface area contributed by atoms with Crippen LogP contribution in [0.4, 0.5) is 4.39 Å². The van der Waals surface area contributed by atoms with Crippen molar-refractivity contribution < 1.29 is 13.9 Å². The van der Waals surface area contributed by atoms with Gasteiger partial charge in [0.25, 0.3) is 0 Å². The van der Waals surface area contributed by atoms with E-state index in [1.54, 1.807) is 12.1 Å². The number of fused-ring (bicyclic) bond motifs is 2. The molecule has 2 aromatic carbocycles. The fourth-order valence-electron chi connectivity index (χ4n) is 3.59. The zero-order valence-electron chi connectivity index (χ0n) is 14.1. The summed E-state index contributed by atoms with van der Waals surface area (Å²) in [4.78, 5) is 0. The predicted octanol–water partition coefficient (Wildman–Crippen LogP) is 4.15. The van der Waals surface area contributed by atoms with Crippen LogP contribution in [0.5, 0.6) is 11.5 Å². The van der Waals surface area contributed by atoms with Crippen molar-refractivity contribution in [2.75, 3.05) is 6.61 Å². The Bertz CT molecular complexity index is 772. The number of hydrogen-bond donors (Lipinski definition) is 1. The highest BCUT2D eigenvalue weighted by atomic mass is 19.1. The fraction of sp³-hybridized carbons (Fsp3) is 0.400. The second-order valence-corrected chi connectivity index (χ2v) is 7.23. The number of benzene rings is 2. The van der Waals surface area contributed by atoms with Gasteiger partial charge < -0.3 is 14.8 Å². The van der Waals surface area contributed by atoms with Gasteiger partial charge in [0.15, 0.2) is 0 Å². The van der Waals surface area contributed by atoms with Crippen molar-refractivity contribution in [2.45, 2.75) is 44.9 Å². The van der Waals surface area contributed by atoms with Gasteiger partial charge in [0.1, 0.15) is 22.9 Å². The van der Waals surface area contributed by atoms with E-state index < -0.39 is 0 Å². The highest BCUT2D eigenvalue weighted by Gasteiger charge is 2.30. The van der Waals surface area contributed by atoms with Crippen LogP contribution in [0.3, 0.4) is 0 Å². The maximum Gasteiger partial charge on any atom is 0.124 e. The molecule has 1 unspecified atom stereocenters. The summed E-state index contributed by atoms with van der Waals surface area (Å²) in [5.41, 5.74) is 3.27. The topological polar surface area (TPSA) is 30.5 Å². The second kappa shape index (κ2) is 5.78. The van der Waals surface area contributed by atoms with Crippen LogP contribution < -0.4 is 14.8 Å². The third kappa shape index (κ3) is 2.98. The number of ether oxygens (including phenoxy) is 2. The van der Waals surface area contributed by atoms with E-state index in [2.05, 4.69) is 37.4 Å². The first kappa shape index (κ1) is 15.5. The van der Waals surface area contributed by atoms with E-state index in [-0.39, 0.29) is 17.5 Å². The Kier molecular flexibility index (Phi) is 3.72. The molecule has 2 aliphatic heterocycles. The Labute approximate surface area is 141 Å². The third-order valence-electron chi connectivity index (χ3n) is 4.69. The molecule has 2 aliphatic rings. The molecule has 0 spiro atoms. The van der Waals surface area contributed by atoms with E-state index in [4.69, 9.17) is 9.47 Å². The predicted molar refractivity (Wildman–Crippen MR) is 90.9 cm³/mol. The van der Waals surface area contributed by atoms with Gasteiger partial charge in [-0.3, -0.25) is 0 Å². The highest BCUT2D eigenvalue weighted by molar-refractivity contribution is 5.42. The zero-order valence-corrected chi connectivity index (χ0v) is 14.1. The van der Waals surface area contributed by atoms with Gasteiger partial charge >= 0.3 is 0 Å². The molecule has 0 saturated carbocycles. The molecule has 0 fully saturated rings. The van der Waals surface area contributed by atoms with Crippen LogP contribution in [-0.4, -0.2) is 12.2 Å². The highest BCUT2D eigenvalue weighted by Crippen LogP contribution is 2.36. The summed E-state index contributed by atoms with van der Waals surface area (Å²) in [6.07, 6.45) is 1.78. The molecule has 4 rings (SSSR count). The molecule has 0 amide bonds. The summed E-state index contributed by atoms with van der Waals surface area (Å²) in [6, 6.07) is 11.2. The lowest BCUT2D eigenvalue weighted by Crippen LogP contribution is -2.27. The standard InChI is InChI=1S/C20H22FNO2/c1-20(2)11-14-9-13(3-5-18(14)24-20)12-22-17-7-8-23-19-6-4-15(21)10-16(17)19/h3-6,9-10,17,22H,7-8,11-12H2,1-2H3. The van der Waals surface area contributed by atoms with E-state index in [1.165, 1.54) is 17.2 Å².